The van der Waals surface area contributed by atoms with Gasteiger partial charge in [0.25, 0.3) is 0 Å². The third-order valence-corrected chi connectivity index (χ3v) is 6.29. The maximum atomic E-state index is 14.4. The minimum Gasteiger partial charge on any atom is -0.351 e. The molecule has 164 valence electrons. The van der Waals surface area contributed by atoms with Crippen LogP contribution in [0, 0.1) is 5.82 Å². The highest BCUT2D eigenvalue weighted by molar-refractivity contribution is 7.89. The average Bonchev–Trinajstić information content (AvgIpc) is 2.68. The molecule has 2 N–H and O–H groups in total. The van der Waals surface area contributed by atoms with Crippen molar-refractivity contribution < 1.29 is 12.8 Å². The number of rotatable bonds is 3. The number of aromatic nitrogens is 4. The van der Waals surface area contributed by atoms with E-state index >= 15 is 0 Å². The van der Waals surface area contributed by atoms with Crippen LogP contribution in [0.25, 0.3) is 16.7 Å². The number of nitrogens with zero attached hydrogens (tertiary/aromatic N) is 6. The van der Waals surface area contributed by atoms with Crippen molar-refractivity contribution in [2.75, 3.05) is 31.6 Å². The monoisotopic (exact) mass is 467 g/mol. The third kappa shape index (κ3) is 3.99. The van der Waals surface area contributed by atoms with E-state index in [-0.39, 0.29) is 33.5 Å². The number of likely N-dealkylation sites (N-methyl/N-ethyl adjacent to an activating group) is 1. The van der Waals surface area contributed by atoms with Crippen LogP contribution in [0.2, 0.25) is 5.15 Å². The molecule has 0 bridgehead atoms. The van der Waals surface area contributed by atoms with Crippen molar-refractivity contribution in [2.24, 2.45) is 5.14 Å². The summed E-state index contributed by atoms with van der Waals surface area (Å²) in [6.45, 7) is 4.03. The molecule has 10 nitrogen and oxygen atoms in total. The van der Waals surface area contributed by atoms with Crippen molar-refractivity contribution >= 4 is 38.5 Å². The van der Waals surface area contributed by atoms with Gasteiger partial charge in [0.15, 0.2) is 16.6 Å². The summed E-state index contributed by atoms with van der Waals surface area (Å²) in [6.07, 6.45) is 2.31. The van der Waals surface area contributed by atoms with Gasteiger partial charge >= 0.3 is 5.69 Å². The lowest BCUT2D eigenvalue weighted by Crippen LogP contribution is -2.51. The molecule has 1 atom stereocenters. The number of nitrogens with two attached hydrogens (primary N) is 1. The molecule has 0 unspecified atom stereocenters. The molecule has 4 heterocycles. The van der Waals surface area contributed by atoms with E-state index in [9.17, 15) is 17.6 Å². The zero-order valence-electron chi connectivity index (χ0n) is 16.7. The van der Waals surface area contributed by atoms with E-state index in [1.54, 1.807) is 0 Å². The molecule has 0 radical (unpaired) electrons. The molecule has 1 aliphatic heterocycles. The number of hydrogen-bond donors (Lipinski definition) is 1. The summed E-state index contributed by atoms with van der Waals surface area (Å²) < 4.78 is 38.8. The molecule has 0 spiro atoms. The highest BCUT2D eigenvalue weighted by Gasteiger charge is 2.27. The fraction of sp³-hybridized carbons (Fsp3) is 0.333. The lowest BCUT2D eigenvalue weighted by atomic mass is 10.1. The van der Waals surface area contributed by atoms with Crippen LogP contribution in [-0.4, -0.2) is 65.6 Å². The van der Waals surface area contributed by atoms with Crippen LogP contribution in [0.15, 0.2) is 34.2 Å². The largest absolute Gasteiger partial charge is 0.355 e. The van der Waals surface area contributed by atoms with Gasteiger partial charge in [-0.05, 0) is 26.1 Å². The van der Waals surface area contributed by atoms with E-state index in [4.69, 9.17) is 16.7 Å². The molecule has 31 heavy (non-hydrogen) atoms. The van der Waals surface area contributed by atoms with Crippen LogP contribution in [0.3, 0.4) is 0 Å². The molecule has 3 aromatic heterocycles. The zero-order chi connectivity index (χ0) is 22.5. The van der Waals surface area contributed by atoms with Crippen LogP contribution < -0.4 is 15.7 Å². The topological polar surface area (TPSA) is 127 Å². The summed E-state index contributed by atoms with van der Waals surface area (Å²) in [5.74, 6) is -0.476. The summed E-state index contributed by atoms with van der Waals surface area (Å²) in [7, 11) is -2.08. The molecule has 13 heteroatoms. The van der Waals surface area contributed by atoms with Gasteiger partial charge in [-0.15, -0.1) is 0 Å². The second-order valence-corrected chi connectivity index (χ2v) is 9.33. The van der Waals surface area contributed by atoms with Crippen molar-refractivity contribution in [1.82, 2.24) is 24.4 Å². The molecular formula is C18H19ClFN7O3S. The normalized spacial score (nSPS) is 18.0. The van der Waals surface area contributed by atoms with Crippen LogP contribution in [0.4, 0.5) is 10.2 Å². The van der Waals surface area contributed by atoms with E-state index in [1.165, 1.54) is 18.3 Å². The van der Waals surface area contributed by atoms with E-state index in [0.29, 0.717) is 6.54 Å². The van der Waals surface area contributed by atoms with Gasteiger partial charge in [-0.3, -0.25) is 4.98 Å². The van der Waals surface area contributed by atoms with Gasteiger partial charge < -0.3 is 9.80 Å². The molecule has 4 rings (SSSR count). The number of halogens is 2. The number of pyridine rings is 2. The Labute approximate surface area is 182 Å². The Morgan fingerprint density at radius 2 is 1.97 bits per heavy atom. The average molecular weight is 468 g/mol. The van der Waals surface area contributed by atoms with Gasteiger partial charge in [0.05, 0.1) is 17.3 Å². The van der Waals surface area contributed by atoms with E-state index in [2.05, 4.69) is 19.9 Å². The molecular weight excluding hydrogens is 449 g/mol. The first-order valence-corrected chi connectivity index (χ1v) is 11.2. The van der Waals surface area contributed by atoms with E-state index in [1.807, 2.05) is 18.9 Å². The van der Waals surface area contributed by atoms with E-state index in [0.717, 1.165) is 23.9 Å². The Morgan fingerprint density at radius 3 is 2.65 bits per heavy atom. The second kappa shape index (κ2) is 7.79. The number of piperazine rings is 1. The summed E-state index contributed by atoms with van der Waals surface area (Å²) in [6, 6.07) is 2.35. The predicted octanol–water partition coefficient (Wildman–Crippen LogP) is 0.756. The SMILES string of the molecule is C[C@@H]1CN(C)CCN1c1nc(=O)n(-c2cncc(S(N)(=O)=O)c2)c2nc(Cl)c(F)cc12. The Morgan fingerprint density at radius 1 is 1.23 bits per heavy atom. The summed E-state index contributed by atoms with van der Waals surface area (Å²) in [5, 5.41) is 5.01. The van der Waals surface area contributed by atoms with Gasteiger partial charge in [-0.1, -0.05) is 11.6 Å². The van der Waals surface area contributed by atoms with Crippen molar-refractivity contribution in [3.8, 4) is 5.69 Å². The fourth-order valence-electron chi connectivity index (χ4n) is 3.68. The first kappa shape index (κ1) is 21.6. The fourth-order valence-corrected chi connectivity index (χ4v) is 4.30. The minimum absolute atomic E-state index is 0.0100. The van der Waals surface area contributed by atoms with Crippen molar-refractivity contribution in [3.63, 3.8) is 0 Å². The predicted molar refractivity (Wildman–Crippen MR) is 114 cm³/mol. The highest BCUT2D eigenvalue weighted by Crippen LogP contribution is 2.29. The Kier molecular flexibility index (Phi) is 5.41. The molecule has 0 amide bonds. The summed E-state index contributed by atoms with van der Waals surface area (Å²) in [4.78, 5) is 28.9. The molecule has 0 aromatic carbocycles. The Hall–Kier alpha value is -2.67. The smallest absolute Gasteiger partial charge is 0.351 e. The number of primary sulfonamides is 1. The maximum absolute atomic E-state index is 14.4. The lowest BCUT2D eigenvalue weighted by molar-refractivity contribution is 0.275. The van der Waals surface area contributed by atoms with Gasteiger partial charge in [0.1, 0.15) is 10.7 Å². The number of sulfonamides is 1. The van der Waals surface area contributed by atoms with Crippen LogP contribution in [-0.2, 0) is 10.0 Å². The minimum atomic E-state index is -4.07. The quantitative estimate of drug-likeness (QED) is 0.559. The molecule has 1 fully saturated rings. The number of hydrogen-bond acceptors (Lipinski definition) is 8. The molecule has 0 saturated carbocycles. The molecule has 1 aliphatic rings. The summed E-state index contributed by atoms with van der Waals surface area (Å²) >= 11 is 5.92. The lowest BCUT2D eigenvalue weighted by Gasteiger charge is -2.39. The van der Waals surface area contributed by atoms with E-state index < -0.39 is 26.7 Å². The number of fused-ring (bicyclic) bond motifs is 1. The van der Waals surface area contributed by atoms with Crippen LogP contribution in [0.1, 0.15) is 6.92 Å². The van der Waals surface area contributed by atoms with Gasteiger partial charge in [0, 0.05) is 31.9 Å². The van der Waals surface area contributed by atoms with Gasteiger partial charge in [-0.2, -0.15) is 4.98 Å². The van der Waals surface area contributed by atoms with Crippen molar-refractivity contribution in [1.29, 1.82) is 0 Å². The molecule has 3 aromatic rings. The van der Waals surface area contributed by atoms with Gasteiger partial charge in [-0.25, -0.2) is 32.3 Å². The molecule has 1 saturated heterocycles. The Bertz CT molecular complexity index is 1350. The zero-order valence-corrected chi connectivity index (χ0v) is 18.2. The molecule has 0 aliphatic carbocycles. The summed E-state index contributed by atoms with van der Waals surface area (Å²) in [5.41, 5.74) is -0.653. The second-order valence-electron chi connectivity index (χ2n) is 7.41. The standard InChI is InChI=1S/C18H19ClFN7O3S/c1-10-9-25(2)3-4-26(10)16-13-6-14(20)15(19)23-17(13)27(18(28)24-16)11-5-12(8-22-7-11)31(21,29)30/h5-8,10H,3-4,9H2,1-2H3,(H2,21,29,30)/t10-/m1/s1. The number of anilines is 1. The first-order chi connectivity index (χ1) is 14.6. The highest BCUT2D eigenvalue weighted by atomic mass is 35.5. The first-order valence-electron chi connectivity index (χ1n) is 9.28. The van der Waals surface area contributed by atoms with Crippen LogP contribution in [0.5, 0.6) is 0 Å². The third-order valence-electron chi connectivity index (χ3n) is 5.15. The maximum Gasteiger partial charge on any atom is 0.355 e. The van der Waals surface area contributed by atoms with Crippen LogP contribution >= 0.6 is 11.6 Å². The Balaban J connectivity index is 2.00. The van der Waals surface area contributed by atoms with Crippen molar-refractivity contribution in [2.45, 2.75) is 17.9 Å². The van der Waals surface area contributed by atoms with Crippen molar-refractivity contribution in [3.05, 3.63) is 46.0 Å². The van der Waals surface area contributed by atoms with Gasteiger partial charge in [0.2, 0.25) is 10.0 Å².